The number of halogens is 6. The van der Waals surface area contributed by atoms with E-state index in [0.29, 0.717) is 26.2 Å². The van der Waals surface area contributed by atoms with E-state index < -0.39 is 7.59 Å². The average Bonchev–Trinajstić information content (AvgIpc) is 2.40. The van der Waals surface area contributed by atoms with E-state index in [-0.39, 0.29) is 25.2 Å². The van der Waals surface area contributed by atoms with Gasteiger partial charge in [-0.15, -0.1) is 0 Å². The minimum atomic E-state index is -1.55. The third kappa shape index (κ3) is 8.22. The molecule has 0 aromatic carbocycles. The Balaban J connectivity index is 2.33. The summed E-state index contributed by atoms with van der Waals surface area (Å²) in [7, 11) is 0. The van der Waals surface area contributed by atoms with Crippen LogP contribution in [0.15, 0.2) is 0 Å². The fourth-order valence-corrected chi connectivity index (χ4v) is 2.09. The van der Waals surface area contributed by atoms with Gasteiger partial charge >= 0.3 is 12.1 Å². The maximum absolute atomic E-state index is 11.8. The van der Waals surface area contributed by atoms with Crippen LogP contribution in [0.2, 0.25) is 0 Å². The first-order valence-corrected chi connectivity index (χ1v) is 8.44. The SMILES string of the molecule is O=C(NCC(Cl)(Cl)Cl)N1CCN(C(=O)NCC(Cl)(Cl)Cl)CC1. The number of nitrogens with one attached hydrogen (secondary N) is 2. The fourth-order valence-electron chi connectivity index (χ4n) is 1.69. The summed E-state index contributed by atoms with van der Waals surface area (Å²) in [6.07, 6.45) is 0. The van der Waals surface area contributed by atoms with Crippen molar-refractivity contribution in [2.45, 2.75) is 7.59 Å². The highest BCUT2D eigenvalue weighted by molar-refractivity contribution is 6.68. The number of nitrogens with zero attached hydrogens (tertiary/aromatic N) is 2. The first-order valence-electron chi connectivity index (χ1n) is 6.17. The van der Waals surface area contributed by atoms with Crippen LogP contribution in [-0.4, -0.2) is 68.7 Å². The Kier molecular flexibility index (Phi) is 7.76. The van der Waals surface area contributed by atoms with E-state index >= 15 is 0 Å². The zero-order chi connectivity index (χ0) is 17.0. The summed E-state index contributed by atoms with van der Waals surface area (Å²) in [4.78, 5) is 26.7. The van der Waals surface area contributed by atoms with Gasteiger partial charge in [0, 0.05) is 26.2 Å². The van der Waals surface area contributed by atoms with Gasteiger partial charge in [0.2, 0.25) is 7.59 Å². The van der Waals surface area contributed by atoms with Gasteiger partial charge in [0.25, 0.3) is 0 Å². The van der Waals surface area contributed by atoms with Gasteiger partial charge < -0.3 is 20.4 Å². The summed E-state index contributed by atoms with van der Waals surface area (Å²) >= 11 is 33.3. The number of rotatable bonds is 2. The Morgan fingerprint density at radius 3 is 1.23 bits per heavy atom. The molecule has 0 unspecified atom stereocenters. The molecule has 0 spiro atoms. The predicted molar refractivity (Wildman–Crippen MR) is 90.5 cm³/mol. The molecule has 1 fully saturated rings. The van der Waals surface area contributed by atoms with E-state index in [9.17, 15) is 9.59 Å². The van der Waals surface area contributed by atoms with Gasteiger partial charge in [-0.05, 0) is 0 Å². The summed E-state index contributed by atoms with van der Waals surface area (Å²) in [5.74, 6) is 0. The molecule has 0 aliphatic carbocycles. The lowest BCUT2D eigenvalue weighted by Gasteiger charge is -2.35. The standard InChI is InChI=1S/C10H14Cl6N4O2/c11-9(12,13)5-17-7(21)19-1-2-20(4-3-19)8(22)18-6-10(14,15)16/h1-6H2,(H,17,21)(H,18,22). The van der Waals surface area contributed by atoms with Gasteiger partial charge in [-0.1, -0.05) is 69.6 Å². The summed E-state index contributed by atoms with van der Waals surface area (Å²) in [6.45, 7) is 1.22. The first-order chi connectivity index (χ1) is 9.98. The largest absolute Gasteiger partial charge is 0.334 e. The van der Waals surface area contributed by atoms with Crippen LogP contribution in [0.1, 0.15) is 0 Å². The third-order valence-corrected chi connectivity index (χ3v) is 3.54. The van der Waals surface area contributed by atoms with Crippen molar-refractivity contribution >= 4 is 81.7 Å². The number of hydrogen-bond acceptors (Lipinski definition) is 2. The lowest BCUT2D eigenvalue weighted by molar-refractivity contribution is 0.143. The van der Waals surface area contributed by atoms with Crippen LogP contribution >= 0.6 is 69.6 Å². The summed E-state index contributed by atoms with van der Waals surface area (Å²) in [5, 5.41) is 5.00. The van der Waals surface area contributed by atoms with Gasteiger partial charge in [0.05, 0.1) is 13.1 Å². The number of urea groups is 2. The zero-order valence-electron chi connectivity index (χ0n) is 11.2. The quantitative estimate of drug-likeness (QED) is 0.656. The second-order valence-electron chi connectivity index (χ2n) is 4.52. The normalized spacial score (nSPS) is 16.5. The van der Waals surface area contributed by atoms with E-state index in [1.54, 1.807) is 0 Å². The molecule has 2 N–H and O–H groups in total. The minimum absolute atomic E-state index is 0.0968. The second kappa shape index (κ2) is 8.40. The molecule has 0 bridgehead atoms. The van der Waals surface area contributed by atoms with Crippen molar-refractivity contribution < 1.29 is 9.59 Å². The Morgan fingerprint density at radius 1 is 0.727 bits per heavy atom. The monoisotopic (exact) mass is 432 g/mol. The van der Waals surface area contributed by atoms with Crippen molar-refractivity contribution in [1.29, 1.82) is 0 Å². The first kappa shape index (κ1) is 20.3. The van der Waals surface area contributed by atoms with Crippen LogP contribution < -0.4 is 10.6 Å². The molecule has 0 radical (unpaired) electrons. The van der Waals surface area contributed by atoms with Crippen molar-refractivity contribution in [2.24, 2.45) is 0 Å². The highest BCUT2D eigenvalue weighted by Gasteiger charge is 2.28. The minimum Gasteiger partial charge on any atom is -0.334 e. The Hall–Kier alpha value is 0.280. The van der Waals surface area contributed by atoms with Gasteiger partial charge in [0.15, 0.2) is 0 Å². The fraction of sp³-hybridized carbons (Fsp3) is 0.800. The Bertz CT molecular complexity index is 365. The summed E-state index contributed by atoms with van der Waals surface area (Å²) in [5.41, 5.74) is 0. The van der Waals surface area contributed by atoms with Crippen LogP contribution in [-0.2, 0) is 0 Å². The molecule has 1 rings (SSSR count). The zero-order valence-corrected chi connectivity index (χ0v) is 15.8. The molecule has 0 saturated carbocycles. The maximum atomic E-state index is 11.8. The van der Waals surface area contributed by atoms with Crippen LogP contribution in [0.4, 0.5) is 9.59 Å². The highest BCUT2D eigenvalue weighted by Crippen LogP contribution is 2.25. The van der Waals surface area contributed by atoms with E-state index in [2.05, 4.69) is 10.6 Å². The second-order valence-corrected chi connectivity index (χ2v) is 9.55. The van der Waals surface area contributed by atoms with Crippen molar-refractivity contribution in [1.82, 2.24) is 20.4 Å². The molecule has 0 aromatic heterocycles. The molecule has 1 heterocycles. The molecular weight excluding hydrogens is 421 g/mol. The van der Waals surface area contributed by atoms with Crippen LogP contribution in [0.5, 0.6) is 0 Å². The molecule has 0 atom stereocenters. The predicted octanol–water partition coefficient (Wildman–Crippen LogP) is 2.76. The van der Waals surface area contributed by atoms with Crippen molar-refractivity contribution in [3.05, 3.63) is 0 Å². The Labute approximate surface area is 158 Å². The number of carbonyl (C=O) groups excluding carboxylic acids is 2. The van der Waals surface area contributed by atoms with Crippen molar-refractivity contribution in [2.75, 3.05) is 39.3 Å². The van der Waals surface area contributed by atoms with Gasteiger partial charge in [-0.3, -0.25) is 0 Å². The molecule has 0 aromatic rings. The molecule has 12 heteroatoms. The molecular formula is C10H14Cl6N4O2. The molecule has 1 aliphatic heterocycles. The van der Waals surface area contributed by atoms with Crippen molar-refractivity contribution in [3.63, 3.8) is 0 Å². The summed E-state index contributed by atoms with van der Waals surface area (Å²) in [6, 6.07) is -0.708. The molecule has 1 aliphatic rings. The average molecular weight is 435 g/mol. The maximum Gasteiger partial charge on any atom is 0.317 e. The number of carbonyl (C=O) groups is 2. The molecule has 1 saturated heterocycles. The topological polar surface area (TPSA) is 64.7 Å². The van der Waals surface area contributed by atoms with E-state index in [1.807, 2.05) is 0 Å². The lowest BCUT2D eigenvalue weighted by Crippen LogP contribution is -2.56. The molecule has 128 valence electrons. The van der Waals surface area contributed by atoms with Crippen LogP contribution in [0, 0.1) is 0 Å². The number of alkyl halides is 6. The molecule has 6 nitrogen and oxygen atoms in total. The van der Waals surface area contributed by atoms with E-state index in [4.69, 9.17) is 69.6 Å². The Morgan fingerprint density at radius 2 is 1.00 bits per heavy atom. The third-order valence-electron chi connectivity index (χ3n) is 2.73. The van der Waals surface area contributed by atoms with Gasteiger partial charge in [-0.2, -0.15) is 0 Å². The number of amides is 4. The lowest BCUT2D eigenvalue weighted by atomic mass is 10.3. The number of piperazine rings is 1. The van der Waals surface area contributed by atoms with E-state index in [1.165, 1.54) is 9.80 Å². The molecule has 4 amide bonds. The van der Waals surface area contributed by atoms with Crippen LogP contribution in [0.25, 0.3) is 0 Å². The van der Waals surface area contributed by atoms with Gasteiger partial charge in [0.1, 0.15) is 0 Å². The van der Waals surface area contributed by atoms with Crippen LogP contribution in [0.3, 0.4) is 0 Å². The number of hydrogen-bond donors (Lipinski definition) is 2. The molecule has 22 heavy (non-hydrogen) atoms. The van der Waals surface area contributed by atoms with E-state index in [0.717, 1.165) is 0 Å². The van der Waals surface area contributed by atoms with Crippen molar-refractivity contribution in [3.8, 4) is 0 Å². The highest BCUT2D eigenvalue weighted by atomic mass is 35.6. The smallest absolute Gasteiger partial charge is 0.317 e. The van der Waals surface area contributed by atoms with Gasteiger partial charge in [-0.25, -0.2) is 9.59 Å². The summed E-state index contributed by atoms with van der Waals surface area (Å²) < 4.78 is -3.09.